The Bertz CT molecular complexity index is 709. The number of carbonyl (C=O) groups is 1. The lowest BCUT2D eigenvalue weighted by molar-refractivity contribution is -0.00180. The van der Waals surface area contributed by atoms with Crippen molar-refractivity contribution < 1.29 is 13.9 Å². The molecule has 1 aromatic heterocycles. The molecular formula is C15H15FN4O2. The lowest BCUT2D eigenvalue weighted by Gasteiger charge is -2.24. The van der Waals surface area contributed by atoms with Crippen molar-refractivity contribution >= 4 is 5.91 Å². The molecule has 22 heavy (non-hydrogen) atoms. The zero-order chi connectivity index (χ0) is 15.1. The Balaban J connectivity index is 1.53. The van der Waals surface area contributed by atoms with E-state index in [4.69, 9.17) is 4.74 Å². The van der Waals surface area contributed by atoms with Crippen LogP contribution in [0.1, 0.15) is 40.7 Å². The molecule has 1 atom stereocenters. The van der Waals surface area contributed by atoms with Gasteiger partial charge >= 0.3 is 0 Å². The van der Waals surface area contributed by atoms with Gasteiger partial charge in [-0.1, -0.05) is 17.3 Å². The van der Waals surface area contributed by atoms with Crippen molar-refractivity contribution in [1.29, 1.82) is 0 Å². The summed E-state index contributed by atoms with van der Waals surface area (Å²) in [7, 11) is 0. The maximum atomic E-state index is 13.0. The van der Waals surface area contributed by atoms with Gasteiger partial charge in [0.1, 0.15) is 11.9 Å². The molecule has 1 amide bonds. The average molecular weight is 302 g/mol. The lowest BCUT2D eigenvalue weighted by atomic mass is 10.1. The number of aromatic nitrogens is 3. The summed E-state index contributed by atoms with van der Waals surface area (Å²) in [4.78, 5) is 12.1. The SMILES string of the molecule is O=C(NC1CC1)c1nnn2c1CO[C@H](c1ccc(F)cc1)C2. The number of nitrogens with one attached hydrogen (secondary N) is 1. The first-order valence-corrected chi connectivity index (χ1v) is 7.31. The zero-order valence-electron chi connectivity index (χ0n) is 11.8. The molecule has 6 nitrogen and oxygen atoms in total. The van der Waals surface area contributed by atoms with Gasteiger partial charge in [-0.25, -0.2) is 9.07 Å². The predicted molar refractivity (Wildman–Crippen MR) is 74.4 cm³/mol. The van der Waals surface area contributed by atoms with Crippen molar-refractivity contribution in [3.05, 3.63) is 47.0 Å². The minimum atomic E-state index is -0.278. The fourth-order valence-corrected chi connectivity index (χ4v) is 2.55. The third-order valence-corrected chi connectivity index (χ3v) is 3.97. The second kappa shape index (κ2) is 5.17. The van der Waals surface area contributed by atoms with E-state index in [0.717, 1.165) is 18.4 Å². The summed E-state index contributed by atoms with van der Waals surface area (Å²) in [6.45, 7) is 0.729. The van der Waals surface area contributed by atoms with Crippen LogP contribution in [0.4, 0.5) is 4.39 Å². The van der Waals surface area contributed by atoms with Crippen molar-refractivity contribution in [1.82, 2.24) is 20.3 Å². The lowest BCUT2D eigenvalue weighted by Crippen LogP contribution is -2.28. The van der Waals surface area contributed by atoms with E-state index in [1.54, 1.807) is 16.8 Å². The van der Waals surface area contributed by atoms with E-state index in [1.807, 2.05) is 0 Å². The largest absolute Gasteiger partial charge is 0.365 e. The highest BCUT2D eigenvalue weighted by Gasteiger charge is 2.30. The second-order valence-electron chi connectivity index (χ2n) is 5.67. The van der Waals surface area contributed by atoms with Gasteiger partial charge in [0.15, 0.2) is 5.69 Å². The summed E-state index contributed by atoms with van der Waals surface area (Å²) < 4.78 is 20.5. The fraction of sp³-hybridized carbons (Fsp3) is 0.400. The fourth-order valence-electron chi connectivity index (χ4n) is 2.55. The van der Waals surface area contributed by atoms with Crippen LogP contribution in [-0.4, -0.2) is 26.9 Å². The maximum absolute atomic E-state index is 13.0. The number of carbonyl (C=O) groups excluding carboxylic acids is 1. The van der Waals surface area contributed by atoms with Crippen molar-refractivity contribution in [2.45, 2.75) is 38.1 Å². The van der Waals surface area contributed by atoms with Crippen molar-refractivity contribution in [2.75, 3.05) is 0 Å². The zero-order valence-corrected chi connectivity index (χ0v) is 11.8. The van der Waals surface area contributed by atoms with Crippen molar-refractivity contribution in [2.24, 2.45) is 0 Å². The molecule has 114 valence electrons. The van der Waals surface area contributed by atoms with E-state index in [9.17, 15) is 9.18 Å². The Kier molecular flexibility index (Phi) is 3.15. The van der Waals surface area contributed by atoms with Crippen LogP contribution in [0.15, 0.2) is 24.3 Å². The van der Waals surface area contributed by atoms with Crippen LogP contribution in [-0.2, 0) is 17.9 Å². The Morgan fingerprint density at radius 2 is 2.09 bits per heavy atom. The van der Waals surface area contributed by atoms with Gasteiger partial charge in [0, 0.05) is 6.04 Å². The number of rotatable bonds is 3. The Morgan fingerprint density at radius 1 is 1.32 bits per heavy atom. The van der Waals surface area contributed by atoms with Crippen LogP contribution in [0, 0.1) is 5.82 Å². The quantitative estimate of drug-likeness (QED) is 0.934. The number of hydrogen-bond acceptors (Lipinski definition) is 4. The van der Waals surface area contributed by atoms with Crippen molar-refractivity contribution in [3.63, 3.8) is 0 Å². The first-order chi connectivity index (χ1) is 10.7. The monoisotopic (exact) mass is 302 g/mol. The smallest absolute Gasteiger partial charge is 0.274 e. The van der Waals surface area contributed by atoms with Crippen LogP contribution in [0.3, 0.4) is 0 Å². The minimum Gasteiger partial charge on any atom is -0.365 e. The number of halogens is 1. The number of amides is 1. The van der Waals surface area contributed by atoms with Crippen LogP contribution < -0.4 is 5.32 Å². The van der Waals surface area contributed by atoms with Crippen LogP contribution >= 0.6 is 0 Å². The molecule has 1 aliphatic heterocycles. The first-order valence-electron chi connectivity index (χ1n) is 7.31. The molecule has 0 saturated heterocycles. The predicted octanol–water partition coefficient (Wildman–Crippen LogP) is 1.58. The average Bonchev–Trinajstić information content (AvgIpc) is 3.23. The molecule has 0 unspecified atom stereocenters. The highest BCUT2D eigenvalue weighted by Crippen LogP contribution is 2.27. The van der Waals surface area contributed by atoms with E-state index >= 15 is 0 Å². The number of benzene rings is 1. The van der Waals surface area contributed by atoms with Crippen LogP contribution in [0.2, 0.25) is 0 Å². The molecular weight excluding hydrogens is 287 g/mol. The molecule has 1 aromatic carbocycles. The first kappa shape index (κ1) is 13.4. The standard InChI is InChI=1S/C15H15FN4O2/c16-10-3-1-9(2-4-10)13-7-20-12(8-22-13)14(18-19-20)15(21)17-11-5-6-11/h1-4,11,13H,5-8H2,(H,17,21)/t13-/m0/s1. The normalized spacial score (nSPS) is 20.5. The van der Waals surface area contributed by atoms with E-state index in [2.05, 4.69) is 15.6 Å². The molecule has 0 bridgehead atoms. The molecule has 7 heteroatoms. The summed E-state index contributed by atoms with van der Waals surface area (Å²) >= 11 is 0. The topological polar surface area (TPSA) is 69.0 Å². The van der Waals surface area contributed by atoms with Gasteiger partial charge in [-0.15, -0.1) is 5.10 Å². The van der Waals surface area contributed by atoms with E-state index in [0.29, 0.717) is 17.9 Å². The minimum absolute atomic E-state index is 0.187. The van der Waals surface area contributed by atoms with Gasteiger partial charge in [-0.3, -0.25) is 4.79 Å². The number of hydrogen-bond donors (Lipinski definition) is 1. The van der Waals surface area contributed by atoms with E-state index in [1.165, 1.54) is 12.1 Å². The molecule has 1 aliphatic carbocycles. The summed E-state index contributed by atoms with van der Waals surface area (Å²) in [5.41, 5.74) is 1.91. The summed E-state index contributed by atoms with van der Waals surface area (Å²) in [6, 6.07) is 6.49. The summed E-state index contributed by atoms with van der Waals surface area (Å²) in [5.74, 6) is -0.465. The third kappa shape index (κ3) is 2.48. The molecule has 2 aromatic rings. The maximum Gasteiger partial charge on any atom is 0.274 e. The molecule has 1 N–H and O–H groups in total. The number of fused-ring (bicyclic) bond motifs is 1. The highest BCUT2D eigenvalue weighted by molar-refractivity contribution is 5.93. The molecule has 0 spiro atoms. The molecule has 1 saturated carbocycles. The van der Waals surface area contributed by atoms with Gasteiger partial charge < -0.3 is 10.1 Å². The summed E-state index contributed by atoms with van der Waals surface area (Å²) in [5, 5.41) is 10.9. The van der Waals surface area contributed by atoms with Gasteiger partial charge in [-0.2, -0.15) is 0 Å². The van der Waals surface area contributed by atoms with Crippen molar-refractivity contribution in [3.8, 4) is 0 Å². The number of nitrogens with zero attached hydrogens (tertiary/aromatic N) is 3. The second-order valence-corrected chi connectivity index (χ2v) is 5.67. The number of ether oxygens (including phenoxy) is 1. The molecule has 0 radical (unpaired) electrons. The van der Waals surface area contributed by atoms with E-state index < -0.39 is 0 Å². The molecule has 4 rings (SSSR count). The Hall–Kier alpha value is -2.28. The van der Waals surface area contributed by atoms with Gasteiger partial charge in [0.05, 0.1) is 18.8 Å². The Morgan fingerprint density at radius 3 is 2.82 bits per heavy atom. The van der Waals surface area contributed by atoms with Gasteiger partial charge in [-0.05, 0) is 30.5 Å². The van der Waals surface area contributed by atoms with Crippen LogP contribution in [0.25, 0.3) is 0 Å². The van der Waals surface area contributed by atoms with Gasteiger partial charge in [0.25, 0.3) is 5.91 Å². The molecule has 2 aliphatic rings. The molecule has 2 heterocycles. The van der Waals surface area contributed by atoms with Gasteiger partial charge in [0.2, 0.25) is 0 Å². The molecule has 1 fully saturated rings. The summed E-state index contributed by atoms with van der Waals surface area (Å²) in [6.07, 6.45) is 1.84. The Labute approximate surface area is 126 Å². The van der Waals surface area contributed by atoms with Crippen LogP contribution in [0.5, 0.6) is 0 Å². The third-order valence-electron chi connectivity index (χ3n) is 3.97. The van der Waals surface area contributed by atoms with E-state index in [-0.39, 0.29) is 30.5 Å². The highest BCUT2D eigenvalue weighted by atomic mass is 19.1.